The number of rotatable bonds is 5. The second kappa shape index (κ2) is 6.81. The van der Waals surface area contributed by atoms with Gasteiger partial charge < -0.3 is 15.5 Å². The number of fused-ring (bicyclic) bond motifs is 1. The van der Waals surface area contributed by atoms with E-state index in [1.807, 2.05) is 18.2 Å². The molecule has 7 heteroatoms. The molecule has 138 valence electrons. The molecular weight excluding hydrogens is 332 g/mol. The molecule has 0 aromatic heterocycles. The Morgan fingerprint density at radius 2 is 2.08 bits per heavy atom. The fourth-order valence-electron chi connectivity index (χ4n) is 3.92. The molecule has 0 aliphatic carbocycles. The first-order chi connectivity index (χ1) is 12.5. The molecule has 26 heavy (non-hydrogen) atoms. The zero-order chi connectivity index (χ0) is 18.3. The Kier molecular flexibility index (Phi) is 4.50. The first kappa shape index (κ1) is 17.2. The van der Waals surface area contributed by atoms with Crippen LogP contribution in [0.15, 0.2) is 18.2 Å². The van der Waals surface area contributed by atoms with Gasteiger partial charge in [-0.25, -0.2) is 0 Å². The quantitative estimate of drug-likeness (QED) is 0.653. The summed E-state index contributed by atoms with van der Waals surface area (Å²) < 4.78 is 0. The van der Waals surface area contributed by atoms with Crippen molar-refractivity contribution in [3.8, 4) is 0 Å². The summed E-state index contributed by atoms with van der Waals surface area (Å²) in [5.41, 5.74) is 2.77. The van der Waals surface area contributed by atoms with Crippen molar-refractivity contribution in [2.75, 3.05) is 13.1 Å². The smallest absolute Gasteiger partial charge is 0.255 e. The summed E-state index contributed by atoms with van der Waals surface area (Å²) in [6.07, 6.45) is 0.668. The van der Waals surface area contributed by atoms with Crippen LogP contribution in [0.1, 0.15) is 41.3 Å². The molecule has 0 radical (unpaired) electrons. The topological polar surface area (TPSA) is 90.5 Å². The van der Waals surface area contributed by atoms with E-state index in [0.717, 1.165) is 24.2 Å². The lowest BCUT2D eigenvalue weighted by atomic mass is 9.95. The molecule has 1 aromatic rings. The lowest BCUT2D eigenvalue weighted by Gasteiger charge is -2.33. The van der Waals surface area contributed by atoms with E-state index < -0.39 is 6.04 Å². The van der Waals surface area contributed by atoms with Gasteiger partial charge >= 0.3 is 0 Å². The summed E-state index contributed by atoms with van der Waals surface area (Å²) in [4.78, 5) is 37.9. The van der Waals surface area contributed by atoms with Gasteiger partial charge in [0.1, 0.15) is 6.04 Å². The van der Waals surface area contributed by atoms with E-state index in [0.29, 0.717) is 37.0 Å². The average molecular weight is 356 g/mol. The van der Waals surface area contributed by atoms with E-state index in [-0.39, 0.29) is 24.1 Å². The molecule has 0 spiro atoms. The normalized spacial score (nSPS) is 24.3. The molecule has 4 rings (SSSR count). The third-order valence-corrected chi connectivity index (χ3v) is 5.81. The fraction of sp³-hybridized carbons (Fsp3) is 0.526. The third kappa shape index (κ3) is 3.01. The van der Waals surface area contributed by atoms with Crippen LogP contribution in [0.5, 0.6) is 0 Å². The number of nitrogens with one attached hydrogen (secondary N) is 3. The van der Waals surface area contributed by atoms with Crippen LogP contribution in [0.2, 0.25) is 0 Å². The maximum atomic E-state index is 12.8. The summed E-state index contributed by atoms with van der Waals surface area (Å²) in [7, 11) is 0. The maximum Gasteiger partial charge on any atom is 0.255 e. The number of carbonyl (C=O) groups is 3. The Labute approximate surface area is 152 Å². The predicted octanol–water partition coefficient (Wildman–Crippen LogP) is 0.145. The Morgan fingerprint density at radius 3 is 2.77 bits per heavy atom. The van der Waals surface area contributed by atoms with Crippen LogP contribution in [0.4, 0.5) is 0 Å². The number of nitrogens with zero attached hydrogens (tertiary/aromatic N) is 1. The number of amides is 3. The van der Waals surface area contributed by atoms with Crippen LogP contribution in [0, 0.1) is 5.92 Å². The van der Waals surface area contributed by atoms with Crippen molar-refractivity contribution in [2.24, 2.45) is 5.92 Å². The first-order valence-electron chi connectivity index (χ1n) is 9.24. The minimum absolute atomic E-state index is 0.118. The zero-order valence-corrected chi connectivity index (χ0v) is 14.9. The monoisotopic (exact) mass is 356 g/mol. The van der Waals surface area contributed by atoms with Crippen LogP contribution in [0.25, 0.3) is 0 Å². The van der Waals surface area contributed by atoms with Gasteiger partial charge in [0.05, 0.1) is 0 Å². The fourth-order valence-corrected chi connectivity index (χ4v) is 3.92. The minimum atomic E-state index is -0.562. The molecule has 2 unspecified atom stereocenters. The lowest BCUT2D eigenvalue weighted by Crippen LogP contribution is -2.52. The van der Waals surface area contributed by atoms with Gasteiger partial charge in [0.2, 0.25) is 11.8 Å². The molecule has 0 bridgehead atoms. The lowest BCUT2D eigenvalue weighted by molar-refractivity contribution is -0.136. The number of benzene rings is 1. The summed E-state index contributed by atoms with van der Waals surface area (Å²) >= 11 is 0. The molecule has 0 saturated carbocycles. The van der Waals surface area contributed by atoms with E-state index in [9.17, 15) is 14.4 Å². The van der Waals surface area contributed by atoms with Crippen molar-refractivity contribution in [1.29, 1.82) is 0 Å². The molecule has 7 nitrogen and oxygen atoms in total. The van der Waals surface area contributed by atoms with E-state index in [2.05, 4.69) is 22.9 Å². The van der Waals surface area contributed by atoms with Crippen molar-refractivity contribution < 1.29 is 14.4 Å². The van der Waals surface area contributed by atoms with Gasteiger partial charge in [-0.15, -0.1) is 0 Å². The van der Waals surface area contributed by atoms with E-state index >= 15 is 0 Å². The van der Waals surface area contributed by atoms with Crippen LogP contribution in [-0.4, -0.2) is 47.8 Å². The Balaban J connectivity index is 1.48. The molecular formula is C19H24N4O3. The number of hydrogen-bond donors (Lipinski definition) is 3. The molecule has 3 heterocycles. The van der Waals surface area contributed by atoms with E-state index in [4.69, 9.17) is 0 Å². The van der Waals surface area contributed by atoms with Gasteiger partial charge in [0.15, 0.2) is 0 Å². The number of hydrogen-bond acceptors (Lipinski definition) is 5. The highest BCUT2D eigenvalue weighted by molar-refractivity contribution is 6.05. The summed E-state index contributed by atoms with van der Waals surface area (Å²) in [5.74, 6) is -0.103. The predicted molar refractivity (Wildman–Crippen MR) is 95.1 cm³/mol. The maximum absolute atomic E-state index is 12.8. The molecule has 2 saturated heterocycles. The third-order valence-electron chi connectivity index (χ3n) is 5.81. The van der Waals surface area contributed by atoms with Gasteiger partial charge in [-0.1, -0.05) is 12.1 Å². The zero-order valence-electron chi connectivity index (χ0n) is 14.9. The molecule has 3 aliphatic rings. The SMILES string of the molecule is CC(NCc1cccc2c1CN(C1CCC(=O)NC1=O)C2=O)C1CNC1. The van der Waals surface area contributed by atoms with Crippen molar-refractivity contribution in [3.05, 3.63) is 34.9 Å². The van der Waals surface area contributed by atoms with Crippen molar-refractivity contribution in [3.63, 3.8) is 0 Å². The second-order valence-electron chi connectivity index (χ2n) is 7.43. The first-order valence-corrected chi connectivity index (χ1v) is 9.24. The summed E-state index contributed by atoms with van der Waals surface area (Å²) in [5, 5.41) is 9.19. The largest absolute Gasteiger partial charge is 0.322 e. The van der Waals surface area contributed by atoms with Crippen LogP contribution in [-0.2, 0) is 22.7 Å². The number of carbonyl (C=O) groups excluding carboxylic acids is 3. The van der Waals surface area contributed by atoms with Gasteiger partial charge in [0.25, 0.3) is 5.91 Å². The number of piperidine rings is 1. The van der Waals surface area contributed by atoms with Crippen molar-refractivity contribution in [2.45, 2.75) is 44.9 Å². The van der Waals surface area contributed by atoms with E-state index in [1.165, 1.54) is 0 Å². The minimum Gasteiger partial charge on any atom is -0.322 e. The molecule has 3 amide bonds. The standard InChI is InChI=1S/C19H24N4O3/c1-11(13-7-20-8-13)21-9-12-3-2-4-14-15(12)10-23(19(14)26)16-5-6-17(24)22-18(16)25/h2-4,11,13,16,20-21H,5-10H2,1H3,(H,22,24,25). The van der Waals surface area contributed by atoms with Crippen molar-refractivity contribution in [1.82, 2.24) is 20.9 Å². The van der Waals surface area contributed by atoms with Crippen LogP contribution >= 0.6 is 0 Å². The van der Waals surface area contributed by atoms with Crippen LogP contribution in [0.3, 0.4) is 0 Å². The average Bonchev–Trinajstić information content (AvgIpc) is 2.89. The van der Waals surface area contributed by atoms with E-state index in [1.54, 1.807) is 4.90 Å². The number of imide groups is 1. The Hall–Kier alpha value is -2.25. The van der Waals surface area contributed by atoms with Gasteiger partial charge in [-0.05, 0) is 36.5 Å². The molecule has 3 aliphatic heterocycles. The highest BCUT2D eigenvalue weighted by Crippen LogP contribution is 2.30. The molecule has 1 aromatic carbocycles. The summed E-state index contributed by atoms with van der Waals surface area (Å²) in [6.45, 7) is 5.41. The Morgan fingerprint density at radius 1 is 1.27 bits per heavy atom. The highest BCUT2D eigenvalue weighted by Gasteiger charge is 2.39. The molecule has 2 fully saturated rings. The molecule has 2 atom stereocenters. The van der Waals surface area contributed by atoms with Gasteiger partial charge in [-0.2, -0.15) is 0 Å². The highest BCUT2D eigenvalue weighted by atomic mass is 16.2. The van der Waals surface area contributed by atoms with Crippen LogP contribution < -0.4 is 16.0 Å². The molecule has 3 N–H and O–H groups in total. The summed E-state index contributed by atoms with van der Waals surface area (Å²) in [6, 6.07) is 5.62. The second-order valence-corrected chi connectivity index (χ2v) is 7.43. The Bertz CT molecular complexity index is 759. The van der Waals surface area contributed by atoms with Crippen molar-refractivity contribution >= 4 is 17.7 Å². The van der Waals surface area contributed by atoms with Gasteiger partial charge in [0, 0.05) is 44.2 Å². The van der Waals surface area contributed by atoms with Gasteiger partial charge in [-0.3, -0.25) is 19.7 Å².